The van der Waals surface area contributed by atoms with Gasteiger partial charge in [-0.15, -0.1) is 0 Å². The highest BCUT2D eigenvalue weighted by molar-refractivity contribution is 5.85. The van der Waals surface area contributed by atoms with Crippen molar-refractivity contribution in [2.75, 3.05) is 12.4 Å². The number of amides is 1. The van der Waals surface area contributed by atoms with E-state index in [1.807, 2.05) is 39.0 Å². The van der Waals surface area contributed by atoms with E-state index < -0.39 is 11.4 Å². The smallest absolute Gasteiger partial charge is 0.252 e. The Morgan fingerprint density at radius 2 is 2.02 bits per heavy atom. The van der Waals surface area contributed by atoms with Gasteiger partial charge < -0.3 is 15.4 Å². The SMILES string of the molecule is COC1(C(=O)N[C@@H](C)c2ccc(-n3cc(F)cn3)nc2)CCC(c2nc(Nc3cc(C)[nH]n3)cc(C)c2C#N)CC1. The Morgan fingerprint density at radius 3 is 2.61 bits per heavy atom. The first-order valence-corrected chi connectivity index (χ1v) is 13.4. The number of hydrogen-bond acceptors (Lipinski definition) is 8. The summed E-state index contributed by atoms with van der Waals surface area (Å²) in [6.45, 7) is 5.69. The highest BCUT2D eigenvalue weighted by Gasteiger charge is 2.43. The van der Waals surface area contributed by atoms with Gasteiger partial charge in [0.2, 0.25) is 0 Å². The summed E-state index contributed by atoms with van der Waals surface area (Å²) in [5.74, 6) is 1.11. The van der Waals surface area contributed by atoms with Crippen molar-refractivity contribution in [3.05, 3.63) is 76.8 Å². The second kappa shape index (κ2) is 11.5. The van der Waals surface area contributed by atoms with E-state index in [2.05, 4.69) is 37.0 Å². The number of carbonyl (C=O) groups is 1. The molecule has 12 heteroatoms. The topological polar surface area (TPSA) is 146 Å². The predicted octanol–water partition coefficient (Wildman–Crippen LogP) is 4.68. The van der Waals surface area contributed by atoms with Gasteiger partial charge in [-0.1, -0.05) is 6.07 Å². The van der Waals surface area contributed by atoms with E-state index in [-0.39, 0.29) is 17.9 Å². The van der Waals surface area contributed by atoms with Crippen LogP contribution in [0.3, 0.4) is 0 Å². The molecule has 0 bridgehead atoms. The van der Waals surface area contributed by atoms with Crippen LogP contribution >= 0.6 is 0 Å². The summed E-state index contributed by atoms with van der Waals surface area (Å²) >= 11 is 0. The molecule has 1 amide bonds. The minimum atomic E-state index is -0.991. The maximum Gasteiger partial charge on any atom is 0.252 e. The molecule has 1 aliphatic rings. The number of aromatic amines is 1. The van der Waals surface area contributed by atoms with Gasteiger partial charge in [-0.3, -0.25) is 9.89 Å². The number of hydrogen-bond donors (Lipinski definition) is 3. The van der Waals surface area contributed by atoms with Crippen LogP contribution in [-0.4, -0.2) is 48.6 Å². The molecule has 4 aromatic rings. The Labute approximate surface area is 237 Å². The molecule has 212 valence electrons. The van der Waals surface area contributed by atoms with Crippen LogP contribution in [0.25, 0.3) is 5.82 Å². The molecule has 1 saturated carbocycles. The number of H-pyrrole nitrogens is 1. The molecule has 4 heterocycles. The van der Waals surface area contributed by atoms with E-state index in [1.165, 1.54) is 10.9 Å². The normalized spacial score (nSPS) is 19.4. The maximum absolute atomic E-state index is 13.5. The molecule has 0 radical (unpaired) electrons. The van der Waals surface area contributed by atoms with E-state index in [0.29, 0.717) is 48.7 Å². The van der Waals surface area contributed by atoms with Crippen molar-refractivity contribution in [2.24, 2.45) is 0 Å². The molecule has 0 aliphatic heterocycles. The van der Waals surface area contributed by atoms with Crippen LogP contribution in [0.1, 0.15) is 72.6 Å². The van der Waals surface area contributed by atoms with E-state index in [1.54, 1.807) is 19.4 Å². The highest BCUT2D eigenvalue weighted by atomic mass is 19.1. The van der Waals surface area contributed by atoms with Crippen LogP contribution in [0.2, 0.25) is 0 Å². The third-order valence-corrected chi connectivity index (χ3v) is 7.71. The molecule has 11 nitrogen and oxygen atoms in total. The Morgan fingerprint density at radius 1 is 1.24 bits per heavy atom. The van der Waals surface area contributed by atoms with Crippen LogP contribution in [0, 0.1) is 31.0 Å². The molecule has 1 fully saturated rings. The molecule has 5 rings (SSSR count). The molecule has 4 aromatic heterocycles. The fourth-order valence-corrected chi connectivity index (χ4v) is 5.32. The number of anilines is 2. The van der Waals surface area contributed by atoms with Crippen molar-refractivity contribution in [1.82, 2.24) is 35.3 Å². The number of aromatic nitrogens is 6. The average Bonchev–Trinajstić information content (AvgIpc) is 3.60. The number of pyridine rings is 2. The van der Waals surface area contributed by atoms with Crippen LogP contribution < -0.4 is 10.6 Å². The zero-order valence-electron chi connectivity index (χ0n) is 23.4. The third kappa shape index (κ3) is 5.81. The van der Waals surface area contributed by atoms with Gasteiger partial charge in [0, 0.05) is 31.0 Å². The summed E-state index contributed by atoms with van der Waals surface area (Å²) in [5, 5.41) is 27.2. The molecular formula is C29H32FN9O2. The summed E-state index contributed by atoms with van der Waals surface area (Å²) in [4.78, 5) is 22.7. The Bertz CT molecular complexity index is 1580. The molecule has 41 heavy (non-hydrogen) atoms. The lowest BCUT2D eigenvalue weighted by molar-refractivity contribution is -0.148. The van der Waals surface area contributed by atoms with Crippen LogP contribution in [-0.2, 0) is 9.53 Å². The standard InChI is InChI=1S/C29H32FN9O2/c1-17-11-24(35-25-12-18(2)37-38-25)36-27(23(17)13-31)20-7-9-29(41-4,10-8-20)28(40)34-19(3)21-5-6-26(32-14-21)39-16-22(30)15-33-39/h5-6,11-12,14-16,19-20H,7-10H2,1-4H3,(H,34,40)(H2,35,36,37,38)/t19-,20?,29?/m0/s1. The largest absolute Gasteiger partial charge is 0.368 e. The van der Waals surface area contributed by atoms with Gasteiger partial charge in [-0.05, 0) is 69.7 Å². The first-order chi connectivity index (χ1) is 19.7. The molecule has 0 aromatic carbocycles. The number of nitrogens with zero attached hydrogens (tertiary/aromatic N) is 6. The first kappa shape index (κ1) is 27.9. The number of carbonyl (C=O) groups excluding carboxylic acids is 1. The van der Waals surface area contributed by atoms with Gasteiger partial charge in [0.15, 0.2) is 17.5 Å². The van der Waals surface area contributed by atoms with Crippen molar-refractivity contribution >= 4 is 17.5 Å². The van der Waals surface area contributed by atoms with Gasteiger partial charge in [0.1, 0.15) is 17.5 Å². The van der Waals surface area contributed by atoms with Crippen molar-refractivity contribution in [2.45, 2.75) is 64.0 Å². The Balaban J connectivity index is 1.27. The zero-order chi connectivity index (χ0) is 29.1. The lowest BCUT2D eigenvalue weighted by atomic mass is 9.75. The molecule has 0 saturated heterocycles. The lowest BCUT2D eigenvalue weighted by Gasteiger charge is -2.38. The summed E-state index contributed by atoms with van der Waals surface area (Å²) in [5.41, 5.74) is 2.85. The van der Waals surface area contributed by atoms with E-state index in [9.17, 15) is 14.4 Å². The van der Waals surface area contributed by atoms with Gasteiger partial charge in [-0.2, -0.15) is 15.5 Å². The van der Waals surface area contributed by atoms with Gasteiger partial charge in [0.25, 0.3) is 5.91 Å². The lowest BCUT2D eigenvalue weighted by Crippen LogP contribution is -2.50. The number of ether oxygens (including phenoxy) is 1. The van der Waals surface area contributed by atoms with Crippen LogP contribution in [0.15, 0.2) is 42.9 Å². The van der Waals surface area contributed by atoms with Gasteiger partial charge in [0.05, 0.1) is 29.7 Å². The van der Waals surface area contributed by atoms with Crippen molar-refractivity contribution in [3.8, 4) is 11.9 Å². The number of aryl methyl sites for hydroxylation is 2. The molecule has 1 aliphatic carbocycles. The fraction of sp³-hybridized carbons (Fsp3) is 0.379. The maximum atomic E-state index is 13.5. The molecule has 0 spiro atoms. The molecule has 1 atom stereocenters. The average molecular weight is 558 g/mol. The number of nitrogens with one attached hydrogen (secondary N) is 3. The quantitative estimate of drug-likeness (QED) is 0.283. The molecule has 0 unspecified atom stereocenters. The fourth-order valence-electron chi connectivity index (χ4n) is 5.32. The molecular weight excluding hydrogens is 525 g/mol. The highest BCUT2D eigenvalue weighted by Crippen LogP contribution is 2.41. The van der Waals surface area contributed by atoms with Crippen LogP contribution in [0.4, 0.5) is 16.0 Å². The summed E-state index contributed by atoms with van der Waals surface area (Å²) in [7, 11) is 1.56. The zero-order valence-corrected chi connectivity index (χ0v) is 23.4. The summed E-state index contributed by atoms with van der Waals surface area (Å²) in [6.07, 6.45) is 6.24. The van der Waals surface area contributed by atoms with E-state index in [0.717, 1.165) is 28.7 Å². The number of nitriles is 1. The number of halogens is 1. The van der Waals surface area contributed by atoms with Crippen molar-refractivity contribution < 1.29 is 13.9 Å². The van der Waals surface area contributed by atoms with Gasteiger partial charge >= 0.3 is 0 Å². The molecule has 3 N–H and O–H groups in total. The Hall–Kier alpha value is -4.63. The minimum Gasteiger partial charge on any atom is -0.368 e. The summed E-state index contributed by atoms with van der Waals surface area (Å²) < 4.78 is 20.5. The van der Waals surface area contributed by atoms with Crippen molar-refractivity contribution in [1.29, 1.82) is 5.26 Å². The van der Waals surface area contributed by atoms with E-state index in [4.69, 9.17) is 9.72 Å². The second-order valence-corrected chi connectivity index (χ2v) is 10.5. The second-order valence-electron chi connectivity index (χ2n) is 10.5. The minimum absolute atomic E-state index is 0.00314. The van der Waals surface area contributed by atoms with Crippen molar-refractivity contribution in [3.63, 3.8) is 0 Å². The van der Waals surface area contributed by atoms with Crippen LogP contribution in [0.5, 0.6) is 0 Å². The van der Waals surface area contributed by atoms with Gasteiger partial charge in [-0.25, -0.2) is 19.0 Å². The van der Waals surface area contributed by atoms with E-state index >= 15 is 0 Å². The number of rotatable bonds is 8. The number of methoxy groups -OCH3 is 1. The third-order valence-electron chi connectivity index (χ3n) is 7.71. The monoisotopic (exact) mass is 557 g/mol. The first-order valence-electron chi connectivity index (χ1n) is 13.4. The predicted molar refractivity (Wildman–Crippen MR) is 149 cm³/mol. The Kier molecular flexibility index (Phi) is 7.81. The summed E-state index contributed by atoms with van der Waals surface area (Å²) in [6, 6.07) is 9.27.